The predicted molar refractivity (Wildman–Crippen MR) is 96.2 cm³/mol. The number of rotatable bonds is 5. The third-order valence-electron chi connectivity index (χ3n) is 5.29. The summed E-state index contributed by atoms with van der Waals surface area (Å²) >= 11 is 0. The van der Waals surface area contributed by atoms with E-state index in [1.807, 2.05) is 36.4 Å². The fourth-order valence-electron chi connectivity index (χ4n) is 3.78. The topological polar surface area (TPSA) is 66.8 Å². The Morgan fingerprint density at radius 2 is 1.65 bits per heavy atom. The third-order valence-corrected chi connectivity index (χ3v) is 5.29. The van der Waals surface area contributed by atoms with E-state index in [1.165, 1.54) is 0 Å². The zero-order chi connectivity index (χ0) is 18.1. The highest BCUT2D eigenvalue weighted by Gasteiger charge is 2.47. The molecule has 2 aliphatic rings. The molecule has 2 fully saturated rings. The molecule has 26 heavy (non-hydrogen) atoms. The lowest BCUT2D eigenvalue weighted by Crippen LogP contribution is -2.30. The third kappa shape index (κ3) is 3.29. The first-order chi connectivity index (χ1) is 12.6. The van der Waals surface area contributed by atoms with E-state index in [0.717, 1.165) is 12.8 Å². The highest BCUT2D eigenvalue weighted by molar-refractivity contribution is 5.97. The molecular formula is C21H21NO4. The second-order valence-corrected chi connectivity index (χ2v) is 7.07. The molecule has 0 bridgehead atoms. The van der Waals surface area contributed by atoms with E-state index in [4.69, 9.17) is 4.74 Å². The number of amides is 1. The van der Waals surface area contributed by atoms with Crippen LogP contribution >= 0.6 is 0 Å². The number of carbonyl (C=O) groups excluding carboxylic acids is 1. The fraction of sp³-hybridized carbons (Fsp3) is 0.333. The molecule has 1 amide bonds. The van der Waals surface area contributed by atoms with Crippen molar-refractivity contribution in [3.05, 3.63) is 60.2 Å². The minimum absolute atomic E-state index is 0.0682. The Morgan fingerprint density at radius 1 is 0.962 bits per heavy atom. The monoisotopic (exact) mass is 351 g/mol. The molecule has 2 aromatic carbocycles. The van der Waals surface area contributed by atoms with Crippen molar-refractivity contribution in [1.82, 2.24) is 4.90 Å². The number of likely N-dealkylation sites (tertiary alicyclic amines) is 1. The van der Waals surface area contributed by atoms with Gasteiger partial charge < -0.3 is 14.7 Å². The summed E-state index contributed by atoms with van der Waals surface area (Å²) in [4.78, 5) is 26.3. The number of carbonyl (C=O) groups is 2. The summed E-state index contributed by atoms with van der Waals surface area (Å²) < 4.78 is 5.89. The minimum atomic E-state index is -0.800. The van der Waals surface area contributed by atoms with Gasteiger partial charge in [-0.05, 0) is 48.9 Å². The van der Waals surface area contributed by atoms with Gasteiger partial charge in [0.05, 0.1) is 11.5 Å². The number of carboxylic acids is 1. The smallest absolute Gasteiger partial charge is 0.308 e. The molecule has 2 aromatic rings. The van der Waals surface area contributed by atoms with E-state index >= 15 is 0 Å². The van der Waals surface area contributed by atoms with E-state index in [2.05, 4.69) is 0 Å². The zero-order valence-electron chi connectivity index (χ0n) is 14.4. The van der Waals surface area contributed by atoms with Crippen molar-refractivity contribution in [3.8, 4) is 11.5 Å². The minimum Gasteiger partial charge on any atom is -0.481 e. The van der Waals surface area contributed by atoms with Crippen LogP contribution in [0.15, 0.2) is 54.6 Å². The lowest BCUT2D eigenvalue weighted by atomic mass is 9.92. The Bertz CT molecular complexity index is 816. The summed E-state index contributed by atoms with van der Waals surface area (Å²) in [5.41, 5.74) is 0.469. The molecule has 1 saturated carbocycles. The van der Waals surface area contributed by atoms with Crippen molar-refractivity contribution >= 4 is 11.9 Å². The summed E-state index contributed by atoms with van der Waals surface area (Å²) in [5.74, 6) is 0.243. The molecule has 5 heteroatoms. The van der Waals surface area contributed by atoms with Crippen LogP contribution in [0.4, 0.5) is 0 Å². The van der Waals surface area contributed by atoms with E-state index in [-0.39, 0.29) is 18.4 Å². The van der Waals surface area contributed by atoms with E-state index in [1.54, 1.807) is 23.1 Å². The van der Waals surface area contributed by atoms with Crippen LogP contribution in [0.25, 0.3) is 0 Å². The molecule has 1 saturated heterocycles. The standard InChI is InChI=1S/C21H21NO4/c23-20(22-12-17(14-10-11-14)18(13-22)21(24)25)16-8-4-5-9-19(16)26-15-6-2-1-3-7-15/h1-9,14,17-18H,10-13H2,(H,24,25)/t17-,18+/m1/s1. The van der Waals surface area contributed by atoms with Gasteiger partial charge in [0, 0.05) is 13.1 Å². The molecule has 0 radical (unpaired) electrons. The van der Waals surface area contributed by atoms with Gasteiger partial charge in [0.25, 0.3) is 5.91 Å². The van der Waals surface area contributed by atoms with Crippen LogP contribution in [-0.4, -0.2) is 35.0 Å². The summed E-state index contributed by atoms with van der Waals surface area (Å²) in [6.07, 6.45) is 2.15. The predicted octanol–water partition coefficient (Wildman–Crippen LogP) is 3.66. The number of ether oxygens (including phenoxy) is 1. The quantitative estimate of drug-likeness (QED) is 0.893. The van der Waals surface area contributed by atoms with Crippen LogP contribution in [0.2, 0.25) is 0 Å². The number of nitrogens with zero attached hydrogens (tertiary/aromatic N) is 1. The van der Waals surface area contributed by atoms with Crippen LogP contribution in [-0.2, 0) is 4.79 Å². The average Bonchev–Trinajstić information content (AvgIpc) is 3.40. The normalized spacial score (nSPS) is 22.2. The van der Waals surface area contributed by atoms with Gasteiger partial charge in [-0.2, -0.15) is 0 Å². The maximum absolute atomic E-state index is 13.1. The van der Waals surface area contributed by atoms with Crippen molar-refractivity contribution in [2.45, 2.75) is 12.8 Å². The molecule has 0 unspecified atom stereocenters. The maximum atomic E-state index is 13.1. The van der Waals surface area contributed by atoms with Gasteiger partial charge in [0.2, 0.25) is 0 Å². The number of para-hydroxylation sites is 2. The highest BCUT2D eigenvalue weighted by atomic mass is 16.5. The second-order valence-electron chi connectivity index (χ2n) is 7.07. The first-order valence-electron chi connectivity index (χ1n) is 8.97. The molecule has 0 aromatic heterocycles. The van der Waals surface area contributed by atoms with E-state index in [9.17, 15) is 14.7 Å². The van der Waals surface area contributed by atoms with Crippen LogP contribution in [0.5, 0.6) is 11.5 Å². The second kappa shape index (κ2) is 6.83. The van der Waals surface area contributed by atoms with Gasteiger partial charge >= 0.3 is 5.97 Å². The molecular weight excluding hydrogens is 330 g/mol. The van der Waals surface area contributed by atoms with E-state index < -0.39 is 11.9 Å². The lowest BCUT2D eigenvalue weighted by molar-refractivity contribution is -0.142. The van der Waals surface area contributed by atoms with Crippen LogP contribution in [0.1, 0.15) is 23.2 Å². The number of benzene rings is 2. The van der Waals surface area contributed by atoms with Crippen molar-refractivity contribution in [1.29, 1.82) is 0 Å². The van der Waals surface area contributed by atoms with Crippen LogP contribution in [0, 0.1) is 17.8 Å². The Balaban J connectivity index is 1.56. The first kappa shape index (κ1) is 16.6. The number of hydrogen-bond donors (Lipinski definition) is 1. The van der Waals surface area contributed by atoms with Gasteiger partial charge in [0.1, 0.15) is 11.5 Å². The number of aliphatic carboxylic acids is 1. The molecule has 0 spiro atoms. The fourth-order valence-corrected chi connectivity index (χ4v) is 3.78. The summed E-state index contributed by atoms with van der Waals surface area (Å²) in [6.45, 7) is 0.787. The first-order valence-corrected chi connectivity index (χ1v) is 8.97. The lowest BCUT2D eigenvalue weighted by Gasteiger charge is -2.18. The maximum Gasteiger partial charge on any atom is 0.308 e. The van der Waals surface area contributed by atoms with Crippen LogP contribution < -0.4 is 4.74 Å². The number of carboxylic acid groups (broad SMARTS) is 1. The van der Waals surface area contributed by atoms with Crippen molar-refractivity contribution in [3.63, 3.8) is 0 Å². The summed E-state index contributed by atoms with van der Waals surface area (Å²) in [7, 11) is 0. The Morgan fingerprint density at radius 3 is 2.35 bits per heavy atom. The van der Waals surface area contributed by atoms with Gasteiger partial charge in [-0.3, -0.25) is 9.59 Å². The molecule has 134 valence electrons. The highest BCUT2D eigenvalue weighted by Crippen LogP contribution is 2.44. The van der Waals surface area contributed by atoms with Crippen molar-refractivity contribution in [2.75, 3.05) is 13.1 Å². The molecule has 4 rings (SSSR count). The van der Waals surface area contributed by atoms with Crippen molar-refractivity contribution < 1.29 is 19.4 Å². The van der Waals surface area contributed by atoms with E-state index in [0.29, 0.717) is 29.5 Å². The Kier molecular flexibility index (Phi) is 4.37. The molecule has 1 aliphatic carbocycles. The van der Waals surface area contributed by atoms with Gasteiger partial charge in [-0.25, -0.2) is 0 Å². The summed E-state index contributed by atoms with van der Waals surface area (Å²) in [6, 6.07) is 16.4. The van der Waals surface area contributed by atoms with Gasteiger partial charge in [-0.15, -0.1) is 0 Å². The largest absolute Gasteiger partial charge is 0.481 e. The average molecular weight is 351 g/mol. The molecule has 1 aliphatic heterocycles. The molecule has 2 atom stereocenters. The molecule has 1 N–H and O–H groups in total. The Hall–Kier alpha value is -2.82. The molecule has 5 nitrogen and oxygen atoms in total. The molecule has 1 heterocycles. The van der Waals surface area contributed by atoms with Gasteiger partial charge in [0.15, 0.2) is 0 Å². The van der Waals surface area contributed by atoms with Crippen molar-refractivity contribution in [2.24, 2.45) is 17.8 Å². The van der Waals surface area contributed by atoms with Crippen LogP contribution in [0.3, 0.4) is 0 Å². The zero-order valence-corrected chi connectivity index (χ0v) is 14.4. The number of hydrogen-bond acceptors (Lipinski definition) is 3. The van der Waals surface area contributed by atoms with Gasteiger partial charge in [-0.1, -0.05) is 30.3 Å². The Labute approximate surface area is 152 Å². The summed E-state index contributed by atoms with van der Waals surface area (Å²) in [5, 5.41) is 9.52. The SMILES string of the molecule is O=C(O)[C@H]1CN(C(=O)c2ccccc2Oc2ccccc2)C[C@@H]1C1CC1.